The molecule has 24 heavy (non-hydrogen) atoms. The quantitative estimate of drug-likeness (QED) is 0.687. The number of benzene rings is 1. The van der Waals surface area contributed by atoms with Crippen molar-refractivity contribution < 1.29 is 23.1 Å². The predicted molar refractivity (Wildman–Crippen MR) is 88.2 cm³/mol. The zero-order valence-electron chi connectivity index (χ0n) is 13.7. The van der Waals surface area contributed by atoms with E-state index in [1.165, 1.54) is 24.3 Å². The molecule has 0 bridgehead atoms. The number of rotatable bonds is 7. The van der Waals surface area contributed by atoms with E-state index in [2.05, 4.69) is 10.0 Å². The fraction of sp³-hybridized carbons (Fsp3) is 0.500. The average molecular weight is 354 g/mol. The average Bonchev–Trinajstić information content (AvgIpc) is 2.43. The van der Waals surface area contributed by atoms with E-state index in [1.807, 2.05) is 0 Å². The summed E-state index contributed by atoms with van der Waals surface area (Å²) >= 11 is 0. The van der Waals surface area contributed by atoms with Gasteiger partial charge in [-0.15, -0.1) is 0 Å². The lowest BCUT2D eigenvalue weighted by Gasteiger charge is -2.41. The number of nitrogens with one attached hydrogen (secondary N) is 2. The van der Waals surface area contributed by atoms with Crippen molar-refractivity contribution in [2.24, 2.45) is 0 Å². The number of carboxylic acid groups (broad SMARTS) is 1. The van der Waals surface area contributed by atoms with Crippen LogP contribution in [0, 0.1) is 0 Å². The molecule has 0 radical (unpaired) electrons. The largest absolute Gasteiger partial charge is 0.481 e. The maximum Gasteiger partial charge on any atom is 0.305 e. The fourth-order valence-corrected chi connectivity index (χ4v) is 4.03. The van der Waals surface area contributed by atoms with Crippen LogP contribution in [0.4, 0.5) is 0 Å². The number of carboxylic acids is 1. The van der Waals surface area contributed by atoms with E-state index in [9.17, 15) is 18.0 Å². The highest BCUT2D eigenvalue weighted by molar-refractivity contribution is 7.89. The molecule has 7 nitrogen and oxygen atoms in total. The summed E-state index contributed by atoms with van der Waals surface area (Å²) in [5.41, 5.74) is -0.535. The molecule has 0 aliphatic heterocycles. The minimum absolute atomic E-state index is 0.00439. The van der Waals surface area contributed by atoms with Crippen LogP contribution in [-0.4, -0.2) is 37.0 Å². The molecule has 0 unspecified atom stereocenters. The number of amides is 1. The van der Waals surface area contributed by atoms with Crippen LogP contribution in [0.25, 0.3) is 0 Å². The molecule has 0 atom stereocenters. The molecule has 1 aliphatic rings. The van der Waals surface area contributed by atoms with Gasteiger partial charge in [-0.3, -0.25) is 9.59 Å². The molecule has 2 rings (SSSR count). The van der Waals surface area contributed by atoms with Gasteiger partial charge in [0.25, 0.3) is 5.91 Å². The molecule has 0 spiro atoms. The van der Waals surface area contributed by atoms with E-state index in [-0.39, 0.29) is 22.9 Å². The van der Waals surface area contributed by atoms with Crippen LogP contribution in [0.15, 0.2) is 29.2 Å². The number of carbonyl (C=O) groups is 2. The molecule has 3 N–H and O–H groups in total. The van der Waals surface area contributed by atoms with Crippen LogP contribution in [0.2, 0.25) is 0 Å². The highest BCUT2D eigenvalue weighted by Crippen LogP contribution is 2.35. The Hall–Kier alpha value is -1.93. The van der Waals surface area contributed by atoms with Gasteiger partial charge in [-0.25, -0.2) is 13.1 Å². The van der Waals surface area contributed by atoms with Crippen LogP contribution >= 0.6 is 0 Å². The number of hydrogen-bond donors (Lipinski definition) is 3. The third-order valence-electron chi connectivity index (χ3n) is 3.98. The van der Waals surface area contributed by atoms with Crippen molar-refractivity contribution in [3.8, 4) is 0 Å². The molecule has 1 fully saturated rings. The number of hydrogen-bond acceptors (Lipinski definition) is 4. The summed E-state index contributed by atoms with van der Waals surface area (Å²) in [6.07, 6.45) is 1.95. The Morgan fingerprint density at radius 1 is 1.29 bits per heavy atom. The maximum absolute atomic E-state index is 12.4. The Kier molecular flexibility index (Phi) is 5.29. The minimum atomic E-state index is -3.69. The second-order valence-electron chi connectivity index (χ2n) is 6.46. The molecular weight excluding hydrogens is 332 g/mol. The van der Waals surface area contributed by atoms with Crippen molar-refractivity contribution in [2.75, 3.05) is 0 Å². The van der Waals surface area contributed by atoms with Crippen LogP contribution in [0.5, 0.6) is 0 Å². The lowest BCUT2D eigenvalue weighted by Crippen LogP contribution is -2.54. The van der Waals surface area contributed by atoms with E-state index >= 15 is 0 Å². The van der Waals surface area contributed by atoms with E-state index in [0.29, 0.717) is 12.8 Å². The molecule has 132 valence electrons. The summed E-state index contributed by atoms with van der Waals surface area (Å²) < 4.78 is 26.9. The fourth-order valence-electron chi connectivity index (χ4n) is 2.73. The minimum Gasteiger partial charge on any atom is -0.481 e. The molecule has 0 heterocycles. The summed E-state index contributed by atoms with van der Waals surface area (Å²) in [5.74, 6) is -1.43. The monoisotopic (exact) mass is 354 g/mol. The Morgan fingerprint density at radius 2 is 1.96 bits per heavy atom. The van der Waals surface area contributed by atoms with E-state index < -0.39 is 27.4 Å². The lowest BCUT2D eigenvalue weighted by molar-refractivity contribution is -0.139. The van der Waals surface area contributed by atoms with Crippen molar-refractivity contribution >= 4 is 21.9 Å². The van der Waals surface area contributed by atoms with Gasteiger partial charge in [-0.1, -0.05) is 6.07 Å². The molecule has 1 aliphatic carbocycles. The Bertz CT molecular complexity index is 739. The zero-order valence-corrected chi connectivity index (χ0v) is 14.5. The first-order chi connectivity index (χ1) is 11.1. The molecule has 1 aromatic carbocycles. The van der Waals surface area contributed by atoms with Crippen LogP contribution in [-0.2, 0) is 14.8 Å². The first kappa shape index (κ1) is 18.4. The summed E-state index contributed by atoms with van der Waals surface area (Å²) in [6, 6.07) is 5.46. The van der Waals surface area contributed by atoms with Crippen molar-refractivity contribution in [1.82, 2.24) is 10.0 Å². The van der Waals surface area contributed by atoms with Gasteiger partial charge in [-0.05, 0) is 51.3 Å². The highest BCUT2D eigenvalue weighted by atomic mass is 32.2. The number of carbonyl (C=O) groups excluding carboxylic acids is 1. The second kappa shape index (κ2) is 6.90. The molecule has 1 aromatic rings. The first-order valence-corrected chi connectivity index (χ1v) is 9.29. The molecular formula is C16H22N2O5S. The third-order valence-corrected chi connectivity index (χ3v) is 5.63. The lowest BCUT2D eigenvalue weighted by atomic mass is 9.74. The summed E-state index contributed by atoms with van der Waals surface area (Å²) in [6.45, 7) is 3.42. The van der Waals surface area contributed by atoms with Gasteiger partial charge in [0.05, 0.1) is 16.9 Å². The van der Waals surface area contributed by atoms with Crippen LogP contribution in [0.3, 0.4) is 0 Å². The number of aliphatic carboxylic acids is 1. The molecule has 1 amide bonds. The highest BCUT2D eigenvalue weighted by Gasteiger charge is 2.40. The molecule has 0 saturated heterocycles. The molecule has 8 heteroatoms. The first-order valence-electron chi connectivity index (χ1n) is 7.80. The number of sulfonamides is 1. The van der Waals surface area contributed by atoms with Crippen molar-refractivity contribution in [1.29, 1.82) is 0 Å². The zero-order chi connectivity index (χ0) is 18.0. The Morgan fingerprint density at radius 3 is 2.46 bits per heavy atom. The predicted octanol–water partition coefficient (Wildman–Crippen LogP) is 1.50. The Labute approximate surface area is 141 Å². The topological polar surface area (TPSA) is 113 Å². The van der Waals surface area contributed by atoms with E-state index in [1.54, 1.807) is 13.8 Å². The maximum atomic E-state index is 12.4. The summed E-state index contributed by atoms with van der Waals surface area (Å²) in [4.78, 5) is 23.4. The third kappa shape index (κ3) is 4.33. The smallest absolute Gasteiger partial charge is 0.305 e. The van der Waals surface area contributed by atoms with Crippen molar-refractivity contribution in [3.63, 3.8) is 0 Å². The van der Waals surface area contributed by atoms with E-state index in [0.717, 1.165) is 6.42 Å². The Balaban J connectivity index is 2.19. The second-order valence-corrected chi connectivity index (χ2v) is 8.18. The van der Waals surface area contributed by atoms with Gasteiger partial charge in [0, 0.05) is 11.6 Å². The van der Waals surface area contributed by atoms with E-state index in [4.69, 9.17) is 5.11 Å². The molecule has 1 saturated carbocycles. The summed E-state index contributed by atoms with van der Waals surface area (Å²) in [7, 11) is -3.69. The SMILES string of the molecule is CC(C)NS(=O)(=O)c1cccc(C(=O)NC2(CC(=O)O)CCC2)c1. The van der Waals surface area contributed by atoms with Gasteiger partial charge in [0.1, 0.15) is 0 Å². The van der Waals surface area contributed by atoms with Crippen molar-refractivity contribution in [3.05, 3.63) is 29.8 Å². The van der Waals surface area contributed by atoms with Gasteiger partial charge in [0.2, 0.25) is 10.0 Å². The summed E-state index contributed by atoms with van der Waals surface area (Å²) in [5, 5.41) is 11.8. The van der Waals surface area contributed by atoms with Crippen molar-refractivity contribution in [2.45, 2.75) is 56.0 Å². The van der Waals surface area contributed by atoms with Gasteiger partial charge >= 0.3 is 5.97 Å². The normalized spacial score (nSPS) is 16.5. The van der Waals surface area contributed by atoms with Crippen LogP contribution in [0.1, 0.15) is 49.9 Å². The van der Waals surface area contributed by atoms with Gasteiger partial charge in [-0.2, -0.15) is 0 Å². The molecule has 0 aromatic heterocycles. The van der Waals surface area contributed by atoms with Crippen LogP contribution < -0.4 is 10.0 Å². The van der Waals surface area contributed by atoms with Gasteiger partial charge < -0.3 is 10.4 Å². The van der Waals surface area contributed by atoms with Gasteiger partial charge in [0.15, 0.2) is 0 Å². The standard InChI is InChI=1S/C16H22N2O5S/c1-11(2)18-24(22,23)13-6-3-5-12(9-13)15(21)17-16(7-4-8-16)10-14(19)20/h3,5-6,9,11,18H,4,7-8,10H2,1-2H3,(H,17,21)(H,19,20).